The Kier molecular flexibility index (Phi) is 5.77. The van der Waals surface area contributed by atoms with E-state index in [1.54, 1.807) is 0 Å². The van der Waals surface area contributed by atoms with Gasteiger partial charge in [-0.3, -0.25) is 4.79 Å². The van der Waals surface area contributed by atoms with Crippen LogP contribution >= 0.6 is 0 Å². The van der Waals surface area contributed by atoms with Crippen LogP contribution in [0, 0.1) is 0 Å². The summed E-state index contributed by atoms with van der Waals surface area (Å²) in [7, 11) is -3.40. The number of nitrogens with zero attached hydrogens (tertiary/aromatic N) is 1. The molecule has 1 amide bonds. The monoisotopic (exact) mass is 370 g/mol. The number of morpholine rings is 1. The van der Waals surface area contributed by atoms with Crippen molar-refractivity contribution in [3.63, 3.8) is 0 Å². The van der Waals surface area contributed by atoms with Gasteiger partial charge in [-0.25, -0.2) is 8.42 Å². The van der Waals surface area contributed by atoms with Crippen LogP contribution in [0.3, 0.4) is 0 Å². The third-order valence-corrected chi connectivity index (χ3v) is 6.00. The molecule has 3 rings (SSSR count). The number of carbonyl (C=O) groups is 1. The summed E-state index contributed by atoms with van der Waals surface area (Å²) in [5, 5.41) is 2.76. The molecule has 1 aromatic carbocycles. The van der Waals surface area contributed by atoms with Crippen LogP contribution in [0.5, 0.6) is 11.5 Å². The van der Waals surface area contributed by atoms with Crippen molar-refractivity contribution in [2.75, 3.05) is 45.4 Å². The molecule has 2 heterocycles. The summed E-state index contributed by atoms with van der Waals surface area (Å²) in [5.41, 5.74) is 1.02. The standard InChI is InChI=1S/C16H22N2O6S/c19-16(4-10-25(20,21)18-6-8-22-9-7-18)17-5-3-13-1-2-14-15(11-13)24-12-23-14/h1-2,11H,3-10,12H2,(H,17,19). The highest BCUT2D eigenvalue weighted by Gasteiger charge is 2.24. The second-order valence-corrected chi connectivity index (χ2v) is 7.95. The van der Waals surface area contributed by atoms with E-state index in [4.69, 9.17) is 14.2 Å². The van der Waals surface area contributed by atoms with Crippen LogP contribution in [0.2, 0.25) is 0 Å². The van der Waals surface area contributed by atoms with Gasteiger partial charge in [0.25, 0.3) is 0 Å². The smallest absolute Gasteiger partial charge is 0.231 e. The second-order valence-electron chi connectivity index (χ2n) is 5.86. The van der Waals surface area contributed by atoms with Crippen molar-refractivity contribution < 1.29 is 27.4 Å². The minimum atomic E-state index is -3.40. The van der Waals surface area contributed by atoms with Crippen molar-refractivity contribution in [1.82, 2.24) is 9.62 Å². The maximum atomic E-state index is 12.2. The first-order valence-corrected chi connectivity index (χ1v) is 9.86. The summed E-state index contributed by atoms with van der Waals surface area (Å²) in [6.07, 6.45) is 0.597. The quantitative estimate of drug-likeness (QED) is 0.733. The van der Waals surface area contributed by atoms with Gasteiger partial charge in [-0.15, -0.1) is 0 Å². The third kappa shape index (κ3) is 4.83. The molecule has 2 aliphatic heterocycles. The average molecular weight is 370 g/mol. The lowest BCUT2D eigenvalue weighted by Crippen LogP contribution is -2.42. The minimum absolute atomic E-state index is 0.0408. The molecule has 0 radical (unpaired) electrons. The number of benzene rings is 1. The Morgan fingerprint density at radius 1 is 1.16 bits per heavy atom. The van der Waals surface area contributed by atoms with Gasteiger partial charge < -0.3 is 19.5 Å². The molecule has 8 nitrogen and oxygen atoms in total. The summed E-state index contributed by atoms with van der Waals surface area (Å²) in [5.74, 6) is 0.988. The van der Waals surface area contributed by atoms with Crippen molar-refractivity contribution in [2.24, 2.45) is 0 Å². The molecule has 0 spiro atoms. The molecule has 1 aromatic rings. The highest BCUT2D eigenvalue weighted by Crippen LogP contribution is 2.32. The molecule has 0 unspecified atom stereocenters. The molecule has 1 saturated heterocycles. The molecule has 1 fully saturated rings. The predicted molar refractivity (Wildman–Crippen MR) is 90.1 cm³/mol. The Bertz CT molecular complexity index is 715. The predicted octanol–water partition coefficient (Wildman–Crippen LogP) is 0.126. The molecule has 0 saturated carbocycles. The minimum Gasteiger partial charge on any atom is -0.454 e. The molecule has 0 aromatic heterocycles. The fraction of sp³-hybridized carbons (Fsp3) is 0.562. The molecule has 0 atom stereocenters. The molecule has 25 heavy (non-hydrogen) atoms. The Labute approximate surface area is 147 Å². The zero-order valence-electron chi connectivity index (χ0n) is 13.9. The van der Waals surface area contributed by atoms with Gasteiger partial charge >= 0.3 is 0 Å². The van der Waals surface area contributed by atoms with Crippen molar-refractivity contribution in [3.05, 3.63) is 23.8 Å². The van der Waals surface area contributed by atoms with E-state index in [2.05, 4.69) is 5.32 Å². The molecule has 0 bridgehead atoms. The number of nitrogens with one attached hydrogen (secondary N) is 1. The largest absolute Gasteiger partial charge is 0.454 e. The average Bonchev–Trinajstić information content (AvgIpc) is 3.09. The fourth-order valence-electron chi connectivity index (χ4n) is 2.71. The fourth-order valence-corrected chi connectivity index (χ4v) is 4.11. The van der Waals surface area contributed by atoms with E-state index in [1.165, 1.54) is 4.31 Å². The van der Waals surface area contributed by atoms with Gasteiger partial charge in [0.2, 0.25) is 22.7 Å². The Balaban J connectivity index is 1.39. The summed E-state index contributed by atoms with van der Waals surface area (Å²) in [6.45, 7) is 2.19. The van der Waals surface area contributed by atoms with E-state index < -0.39 is 10.0 Å². The van der Waals surface area contributed by atoms with Gasteiger partial charge in [0.15, 0.2) is 11.5 Å². The van der Waals surface area contributed by atoms with E-state index in [-0.39, 0.29) is 24.9 Å². The highest BCUT2D eigenvalue weighted by molar-refractivity contribution is 7.89. The van der Waals surface area contributed by atoms with Gasteiger partial charge in [-0.2, -0.15) is 4.31 Å². The number of ether oxygens (including phenoxy) is 3. The van der Waals surface area contributed by atoms with Crippen molar-refractivity contribution in [3.8, 4) is 11.5 Å². The van der Waals surface area contributed by atoms with E-state index in [0.29, 0.717) is 45.0 Å². The van der Waals surface area contributed by atoms with Gasteiger partial charge in [-0.1, -0.05) is 6.07 Å². The molecular formula is C16H22N2O6S. The molecule has 2 aliphatic rings. The van der Waals surface area contributed by atoms with E-state index in [9.17, 15) is 13.2 Å². The summed E-state index contributed by atoms with van der Waals surface area (Å²) in [4.78, 5) is 11.9. The summed E-state index contributed by atoms with van der Waals surface area (Å²) >= 11 is 0. The van der Waals surface area contributed by atoms with Crippen LogP contribution in [0.25, 0.3) is 0 Å². The maximum absolute atomic E-state index is 12.2. The van der Waals surface area contributed by atoms with Crippen LogP contribution in [-0.2, 0) is 26.0 Å². The SMILES string of the molecule is O=C(CCS(=O)(=O)N1CCOCC1)NCCc1ccc2c(c1)OCO2. The highest BCUT2D eigenvalue weighted by atomic mass is 32.2. The Morgan fingerprint density at radius 3 is 2.72 bits per heavy atom. The van der Waals surface area contributed by atoms with Gasteiger partial charge in [-0.05, 0) is 24.1 Å². The number of fused-ring (bicyclic) bond motifs is 1. The second kappa shape index (κ2) is 8.03. The van der Waals surface area contributed by atoms with E-state index >= 15 is 0 Å². The van der Waals surface area contributed by atoms with Gasteiger partial charge in [0, 0.05) is 26.1 Å². The molecule has 0 aliphatic carbocycles. The number of hydrogen-bond acceptors (Lipinski definition) is 6. The topological polar surface area (TPSA) is 94.2 Å². The molecular weight excluding hydrogens is 348 g/mol. The van der Waals surface area contributed by atoms with Gasteiger partial charge in [0.1, 0.15) is 0 Å². The third-order valence-electron chi connectivity index (χ3n) is 4.12. The summed E-state index contributed by atoms with van der Waals surface area (Å²) in [6, 6.07) is 5.65. The first-order chi connectivity index (χ1) is 12.0. The maximum Gasteiger partial charge on any atom is 0.231 e. The summed E-state index contributed by atoms with van der Waals surface area (Å²) < 4.78 is 41.4. The lowest BCUT2D eigenvalue weighted by atomic mass is 10.1. The van der Waals surface area contributed by atoms with E-state index in [1.807, 2.05) is 18.2 Å². The Hall–Kier alpha value is -1.84. The Morgan fingerprint density at radius 2 is 1.92 bits per heavy atom. The number of carbonyl (C=O) groups excluding carboxylic acids is 1. The lowest BCUT2D eigenvalue weighted by Gasteiger charge is -2.25. The molecule has 9 heteroatoms. The van der Waals surface area contributed by atoms with E-state index in [0.717, 1.165) is 11.3 Å². The number of amides is 1. The van der Waals surface area contributed by atoms with Crippen molar-refractivity contribution in [2.45, 2.75) is 12.8 Å². The van der Waals surface area contributed by atoms with Crippen molar-refractivity contribution in [1.29, 1.82) is 0 Å². The van der Waals surface area contributed by atoms with Crippen molar-refractivity contribution >= 4 is 15.9 Å². The van der Waals surface area contributed by atoms with Crippen LogP contribution in [0.15, 0.2) is 18.2 Å². The number of hydrogen-bond donors (Lipinski definition) is 1. The van der Waals surface area contributed by atoms with Crippen LogP contribution in [-0.4, -0.2) is 64.0 Å². The lowest BCUT2D eigenvalue weighted by molar-refractivity contribution is -0.120. The number of rotatable bonds is 7. The zero-order valence-corrected chi connectivity index (χ0v) is 14.7. The first-order valence-electron chi connectivity index (χ1n) is 8.25. The molecule has 138 valence electrons. The van der Waals surface area contributed by atoms with Crippen LogP contribution in [0.1, 0.15) is 12.0 Å². The number of sulfonamides is 1. The van der Waals surface area contributed by atoms with Gasteiger partial charge in [0.05, 0.1) is 19.0 Å². The zero-order chi connectivity index (χ0) is 17.7. The molecule has 1 N–H and O–H groups in total. The van der Waals surface area contributed by atoms with Crippen LogP contribution in [0.4, 0.5) is 0 Å². The normalized spacial score (nSPS) is 17.4. The van der Waals surface area contributed by atoms with Crippen LogP contribution < -0.4 is 14.8 Å². The first kappa shape index (κ1) is 18.0.